The fourth-order valence-electron chi connectivity index (χ4n) is 4.48. The normalized spacial score (nSPS) is 15.5. The molecule has 0 aliphatic carbocycles. The van der Waals surface area contributed by atoms with Crippen LogP contribution in [0.4, 0.5) is 5.69 Å². The van der Waals surface area contributed by atoms with Crippen LogP contribution in [0.15, 0.2) is 60.9 Å². The first kappa shape index (κ1) is 22.3. The van der Waals surface area contributed by atoms with E-state index < -0.39 is 0 Å². The van der Waals surface area contributed by atoms with E-state index in [1.807, 2.05) is 65.6 Å². The van der Waals surface area contributed by atoms with Crippen molar-refractivity contribution in [2.24, 2.45) is 0 Å². The second-order valence-corrected chi connectivity index (χ2v) is 8.76. The summed E-state index contributed by atoms with van der Waals surface area (Å²) in [6.45, 7) is 4.70. The SMILES string of the molecule is O=C(NCc1ccc2c(c1)OCO2)c1ccc(N2CCC(NCCCn3cccn3)CC2)cc1. The second kappa shape index (κ2) is 10.6. The largest absolute Gasteiger partial charge is 0.454 e. The average Bonchev–Trinajstić information content (AvgIpc) is 3.57. The van der Waals surface area contributed by atoms with Gasteiger partial charge in [-0.05, 0) is 73.8 Å². The summed E-state index contributed by atoms with van der Waals surface area (Å²) in [5, 5.41) is 10.9. The van der Waals surface area contributed by atoms with Crippen molar-refractivity contribution in [3.8, 4) is 11.5 Å². The molecule has 0 atom stereocenters. The van der Waals surface area contributed by atoms with Gasteiger partial charge in [-0.3, -0.25) is 9.48 Å². The molecule has 1 amide bonds. The minimum Gasteiger partial charge on any atom is -0.454 e. The fourth-order valence-corrected chi connectivity index (χ4v) is 4.48. The van der Waals surface area contributed by atoms with Crippen molar-refractivity contribution in [1.82, 2.24) is 20.4 Å². The van der Waals surface area contributed by atoms with Crippen LogP contribution in [0, 0.1) is 0 Å². The topological polar surface area (TPSA) is 80.7 Å². The molecule has 8 nitrogen and oxygen atoms in total. The maximum atomic E-state index is 12.6. The monoisotopic (exact) mass is 461 g/mol. The molecule has 34 heavy (non-hydrogen) atoms. The van der Waals surface area contributed by atoms with Gasteiger partial charge in [-0.15, -0.1) is 0 Å². The summed E-state index contributed by atoms with van der Waals surface area (Å²) in [5.41, 5.74) is 2.81. The number of rotatable bonds is 9. The van der Waals surface area contributed by atoms with Crippen LogP contribution in [0.5, 0.6) is 11.5 Å². The molecule has 5 rings (SSSR count). The summed E-state index contributed by atoms with van der Waals surface area (Å²) in [7, 11) is 0. The van der Waals surface area contributed by atoms with Crippen LogP contribution >= 0.6 is 0 Å². The van der Waals surface area contributed by atoms with Gasteiger partial charge in [-0.2, -0.15) is 5.10 Å². The minimum atomic E-state index is -0.0813. The van der Waals surface area contributed by atoms with Gasteiger partial charge in [0.1, 0.15) is 0 Å². The third-order valence-electron chi connectivity index (χ3n) is 6.44. The standard InChI is InChI=1S/C26H31N5O3/c32-26(28-18-20-3-8-24-25(17-20)34-19-33-24)21-4-6-23(7-5-21)30-15-9-22(10-16-30)27-11-1-13-31-14-2-12-29-31/h2-8,12,14,17,22,27H,1,9-11,13,15-16,18-19H2,(H,28,32). The Labute approximate surface area is 199 Å². The van der Waals surface area contributed by atoms with E-state index >= 15 is 0 Å². The Balaban J connectivity index is 1.04. The second-order valence-electron chi connectivity index (χ2n) is 8.76. The number of benzene rings is 2. The molecule has 1 aromatic heterocycles. The number of fused-ring (bicyclic) bond motifs is 1. The number of amides is 1. The number of anilines is 1. The molecular formula is C26H31N5O3. The van der Waals surface area contributed by atoms with Gasteiger partial charge in [0, 0.05) is 55.9 Å². The lowest BCUT2D eigenvalue weighted by Crippen LogP contribution is -2.43. The molecule has 2 aliphatic rings. The molecule has 2 aromatic carbocycles. The highest BCUT2D eigenvalue weighted by molar-refractivity contribution is 5.94. The third-order valence-corrected chi connectivity index (χ3v) is 6.44. The molecule has 1 fully saturated rings. The number of carbonyl (C=O) groups excluding carboxylic acids is 1. The Morgan fingerprint density at radius 2 is 1.88 bits per heavy atom. The molecule has 0 radical (unpaired) electrons. The maximum Gasteiger partial charge on any atom is 0.251 e. The lowest BCUT2D eigenvalue weighted by atomic mass is 10.0. The number of hydrogen-bond acceptors (Lipinski definition) is 6. The molecule has 2 aliphatic heterocycles. The van der Waals surface area contributed by atoms with Crippen LogP contribution < -0.4 is 25.0 Å². The predicted octanol–water partition coefficient (Wildman–Crippen LogP) is 3.19. The Morgan fingerprint density at radius 3 is 2.68 bits per heavy atom. The summed E-state index contributed by atoms with van der Waals surface area (Å²) in [6, 6.07) is 16.2. The zero-order valence-electron chi connectivity index (χ0n) is 19.3. The number of aromatic nitrogens is 2. The van der Waals surface area contributed by atoms with E-state index in [1.165, 1.54) is 5.69 Å². The van der Waals surface area contributed by atoms with Gasteiger partial charge in [0.05, 0.1) is 0 Å². The van der Waals surface area contributed by atoms with E-state index in [9.17, 15) is 4.79 Å². The van der Waals surface area contributed by atoms with Crippen LogP contribution in [0.1, 0.15) is 35.2 Å². The van der Waals surface area contributed by atoms with Crippen molar-refractivity contribution in [2.45, 2.75) is 38.4 Å². The van der Waals surface area contributed by atoms with Crippen LogP contribution in [0.25, 0.3) is 0 Å². The van der Waals surface area contributed by atoms with Crippen LogP contribution in [0.2, 0.25) is 0 Å². The van der Waals surface area contributed by atoms with Crippen molar-refractivity contribution in [2.75, 3.05) is 31.3 Å². The van der Waals surface area contributed by atoms with E-state index in [4.69, 9.17) is 9.47 Å². The highest BCUT2D eigenvalue weighted by atomic mass is 16.7. The first-order chi connectivity index (χ1) is 16.7. The number of carbonyl (C=O) groups is 1. The molecule has 178 valence electrons. The van der Waals surface area contributed by atoms with Gasteiger partial charge in [0.15, 0.2) is 11.5 Å². The summed E-state index contributed by atoms with van der Waals surface area (Å²) >= 11 is 0. The van der Waals surface area contributed by atoms with Crippen molar-refractivity contribution in [1.29, 1.82) is 0 Å². The fraction of sp³-hybridized carbons (Fsp3) is 0.385. The number of ether oxygens (including phenoxy) is 2. The summed E-state index contributed by atoms with van der Waals surface area (Å²) in [5.74, 6) is 1.39. The maximum absolute atomic E-state index is 12.6. The molecule has 0 saturated carbocycles. The van der Waals surface area contributed by atoms with Gasteiger partial charge in [0.25, 0.3) is 5.91 Å². The summed E-state index contributed by atoms with van der Waals surface area (Å²) < 4.78 is 12.7. The lowest BCUT2D eigenvalue weighted by molar-refractivity contribution is 0.0951. The van der Waals surface area contributed by atoms with E-state index in [2.05, 4.69) is 20.6 Å². The zero-order valence-corrected chi connectivity index (χ0v) is 19.3. The smallest absolute Gasteiger partial charge is 0.251 e. The van der Waals surface area contributed by atoms with Crippen molar-refractivity contribution in [3.63, 3.8) is 0 Å². The molecule has 0 bridgehead atoms. The summed E-state index contributed by atoms with van der Waals surface area (Å²) in [4.78, 5) is 15.0. The van der Waals surface area contributed by atoms with Gasteiger partial charge >= 0.3 is 0 Å². The Morgan fingerprint density at radius 1 is 1.06 bits per heavy atom. The lowest BCUT2D eigenvalue weighted by Gasteiger charge is -2.34. The molecule has 3 heterocycles. The highest BCUT2D eigenvalue weighted by Crippen LogP contribution is 2.32. The minimum absolute atomic E-state index is 0.0813. The number of aryl methyl sites for hydroxylation is 1. The number of nitrogens with one attached hydrogen (secondary N) is 2. The van der Waals surface area contributed by atoms with Crippen molar-refractivity contribution >= 4 is 11.6 Å². The quantitative estimate of drug-likeness (QED) is 0.477. The van der Waals surface area contributed by atoms with Gasteiger partial charge in [0.2, 0.25) is 6.79 Å². The third kappa shape index (κ3) is 5.51. The average molecular weight is 462 g/mol. The van der Waals surface area contributed by atoms with Gasteiger partial charge in [-0.25, -0.2) is 0 Å². The first-order valence-electron chi connectivity index (χ1n) is 12.0. The number of nitrogens with zero attached hydrogens (tertiary/aromatic N) is 3. The van der Waals surface area contributed by atoms with Crippen LogP contribution in [-0.4, -0.2) is 48.2 Å². The van der Waals surface area contributed by atoms with Crippen molar-refractivity contribution < 1.29 is 14.3 Å². The zero-order chi connectivity index (χ0) is 23.2. The molecule has 0 unspecified atom stereocenters. The molecule has 3 aromatic rings. The predicted molar refractivity (Wildman–Crippen MR) is 130 cm³/mol. The van der Waals surface area contributed by atoms with Crippen molar-refractivity contribution in [3.05, 3.63) is 72.1 Å². The molecule has 1 saturated heterocycles. The Hall–Kier alpha value is -3.52. The van der Waals surface area contributed by atoms with Crippen LogP contribution in [0.3, 0.4) is 0 Å². The Bertz CT molecular complexity index is 1080. The van der Waals surface area contributed by atoms with E-state index in [1.54, 1.807) is 0 Å². The molecule has 8 heteroatoms. The van der Waals surface area contributed by atoms with Gasteiger partial charge in [-0.1, -0.05) is 6.07 Å². The first-order valence-corrected chi connectivity index (χ1v) is 12.0. The molecule has 2 N–H and O–H groups in total. The highest BCUT2D eigenvalue weighted by Gasteiger charge is 2.19. The number of hydrogen-bond donors (Lipinski definition) is 2. The summed E-state index contributed by atoms with van der Waals surface area (Å²) in [6.07, 6.45) is 7.16. The molecule has 0 spiro atoms. The van der Waals surface area contributed by atoms with Crippen LogP contribution in [-0.2, 0) is 13.1 Å². The number of piperidine rings is 1. The van der Waals surface area contributed by atoms with E-state index in [0.717, 1.165) is 62.5 Å². The van der Waals surface area contributed by atoms with Gasteiger partial charge < -0.3 is 25.0 Å². The van der Waals surface area contributed by atoms with E-state index in [-0.39, 0.29) is 12.7 Å². The Kier molecular flexibility index (Phi) is 6.95. The molecular weight excluding hydrogens is 430 g/mol. The van der Waals surface area contributed by atoms with E-state index in [0.29, 0.717) is 18.2 Å².